The van der Waals surface area contributed by atoms with Gasteiger partial charge in [-0.3, -0.25) is 0 Å². The van der Waals surface area contributed by atoms with Gasteiger partial charge in [0.1, 0.15) is 6.10 Å². The maximum absolute atomic E-state index is 12.6. The molecule has 8 heteroatoms. The maximum Gasteiger partial charge on any atom is 0.428 e. The van der Waals surface area contributed by atoms with Crippen molar-refractivity contribution in [3.05, 3.63) is 12.2 Å². The number of esters is 1. The topological polar surface area (TPSA) is 83.5 Å². The third kappa shape index (κ3) is 2.51. The molecular formula is C7H7F2O5S-. The zero-order valence-corrected chi connectivity index (χ0v) is 8.17. The number of ether oxygens (including phenoxy) is 1. The lowest BCUT2D eigenvalue weighted by atomic mass is 10.3. The average molecular weight is 241 g/mol. The van der Waals surface area contributed by atoms with E-state index in [1.54, 1.807) is 12.2 Å². The molecule has 0 bridgehead atoms. The molecule has 0 aromatic rings. The van der Waals surface area contributed by atoms with Crippen LogP contribution in [0.5, 0.6) is 0 Å². The highest BCUT2D eigenvalue weighted by Gasteiger charge is 2.49. The van der Waals surface area contributed by atoms with Crippen LogP contribution in [0.15, 0.2) is 12.2 Å². The highest BCUT2D eigenvalue weighted by atomic mass is 32.2. The molecule has 15 heavy (non-hydrogen) atoms. The second kappa shape index (κ2) is 3.86. The zero-order chi connectivity index (χ0) is 11.7. The van der Waals surface area contributed by atoms with Crippen LogP contribution >= 0.6 is 0 Å². The van der Waals surface area contributed by atoms with Crippen molar-refractivity contribution in [2.24, 2.45) is 0 Å². The fraction of sp³-hybridized carbons (Fsp3) is 0.571. The van der Waals surface area contributed by atoms with Crippen molar-refractivity contribution in [3.63, 3.8) is 0 Å². The molecule has 0 unspecified atom stereocenters. The summed E-state index contributed by atoms with van der Waals surface area (Å²) in [5.74, 6) is -2.31. The van der Waals surface area contributed by atoms with Crippen LogP contribution in [0.3, 0.4) is 0 Å². The highest BCUT2D eigenvalue weighted by molar-refractivity contribution is 7.87. The van der Waals surface area contributed by atoms with Crippen LogP contribution in [-0.2, 0) is 19.6 Å². The number of hydrogen-bond acceptors (Lipinski definition) is 5. The lowest BCUT2D eigenvalue weighted by Crippen LogP contribution is -2.40. The predicted octanol–water partition coefficient (Wildman–Crippen LogP) is 0.386. The van der Waals surface area contributed by atoms with Crippen LogP contribution in [0, 0.1) is 0 Å². The van der Waals surface area contributed by atoms with Gasteiger partial charge in [-0.15, -0.1) is 0 Å². The van der Waals surface area contributed by atoms with Gasteiger partial charge >= 0.3 is 11.2 Å². The third-order valence-electron chi connectivity index (χ3n) is 1.79. The van der Waals surface area contributed by atoms with Crippen molar-refractivity contribution >= 4 is 16.1 Å². The first-order valence-corrected chi connectivity index (χ1v) is 5.35. The van der Waals surface area contributed by atoms with Gasteiger partial charge in [-0.2, -0.15) is 8.78 Å². The van der Waals surface area contributed by atoms with Gasteiger partial charge in [-0.05, 0) is 0 Å². The molecule has 1 aliphatic carbocycles. The summed E-state index contributed by atoms with van der Waals surface area (Å²) in [6, 6.07) is 0. The number of carbonyl (C=O) groups excluding carboxylic acids is 1. The second-order valence-electron chi connectivity index (χ2n) is 2.94. The fourth-order valence-electron chi connectivity index (χ4n) is 1.01. The van der Waals surface area contributed by atoms with Crippen LogP contribution in [-0.4, -0.2) is 30.3 Å². The average Bonchev–Trinajstić information content (AvgIpc) is 2.54. The maximum atomic E-state index is 12.6. The number of halogens is 2. The number of alkyl halides is 2. The Bertz CT molecular complexity index is 378. The van der Waals surface area contributed by atoms with E-state index in [0.29, 0.717) is 0 Å². The zero-order valence-electron chi connectivity index (χ0n) is 7.35. The summed E-state index contributed by atoms with van der Waals surface area (Å²) in [6.07, 6.45) is 2.86. The van der Waals surface area contributed by atoms with Gasteiger partial charge in [0.25, 0.3) is 0 Å². The number of hydrogen-bond donors (Lipinski definition) is 0. The van der Waals surface area contributed by atoms with E-state index in [9.17, 15) is 26.5 Å². The Hall–Kier alpha value is -1.02. The Morgan fingerprint density at radius 1 is 1.40 bits per heavy atom. The van der Waals surface area contributed by atoms with Gasteiger partial charge in [-0.1, -0.05) is 12.2 Å². The van der Waals surface area contributed by atoms with Crippen molar-refractivity contribution < 1.29 is 31.3 Å². The van der Waals surface area contributed by atoms with Crippen LogP contribution in [0.2, 0.25) is 0 Å². The summed E-state index contributed by atoms with van der Waals surface area (Å²) in [5, 5.41) is -5.02. The molecule has 1 aliphatic rings. The Balaban J connectivity index is 2.68. The van der Waals surface area contributed by atoms with Gasteiger partial charge in [0.2, 0.25) is 0 Å². The van der Waals surface area contributed by atoms with E-state index in [2.05, 4.69) is 4.74 Å². The normalized spacial score (nSPS) is 18.1. The molecule has 86 valence electrons. The molecule has 0 saturated heterocycles. The highest BCUT2D eigenvalue weighted by Crippen LogP contribution is 2.25. The molecule has 0 N–H and O–H groups in total. The lowest BCUT2D eigenvalue weighted by Gasteiger charge is -2.20. The molecule has 0 aliphatic heterocycles. The third-order valence-corrected chi connectivity index (χ3v) is 2.58. The largest absolute Gasteiger partial charge is 0.743 e. The molecule has 0 heterocycles. The van der Waals surface area contributed by atoms with E-state index in [4.69, 9.17) is 0 Å². The minimum Gasteiger partial charge on any atom is -0.743 e. The van der Waals surface area contributed by atoms with Gasteiger partial charge < -0.3 is 9.29 Å². The molecule has 0 radical (unpaired) electrons. The van der Waals surface area contributed by atoms with Crippen molar-refractivity contribution in [1.29, 1.82) is 0 Å². The van der Waals surface area contributed by atoms with E-state index < -0.39 is 27.4 Å². The Morgan fingerprint density at radius 2 is 1.87 bits per heavy atom. The number of carbonyl (C=O) groups is 1. The molecule has 0 spiro atoms. The predicted molar refractivity (Wildman–Crippen MR) is 42.9 cm³/mol. The van der Waals surface area contributed by atoms with E-state index in [0.717, 1.165) is 0 Å². The Labute approximate surface area is 84.5 Å². The molecule has 0 atom stereocenters. The minimum absolute atomic E-state index is 0.237. The van der Waals surface area contributed by atoms with Crippen molar-refractivity contribution in [3.8, 4) is 0 Å². The van der Waals surface area contributed by atoms with Gasteiger partial charge in [0.15, 0.2) is 10.1 Å². The minimum atomic E-state index is -6.02. The SMILES string of the molecule is O=C(OC1CC=CC1)C(F)(F)S(=O)(=O)[O-]. The van der Waals surface area contributed by atoms with E-state index >= 15 is 0 Å². The molecule has 5 nitrogen and oxygen atoms in total. The smallest absolute Gasteiger partial charge is 0.428 e. The fourth-order valence-corrected chi connectivity index (χ4v) is 1.26. The van der Waals surface area contributed by atoms with Crippen LogP contribution in [0.25, 0.3) is 0 Å². The van der Waals surface area contributed by atoms with E-state index in [1.165, 1.54) is 0 Å². The van der Waals surface area contributed by atoms with Crippen molar-refractivity contribution in [2.75, 3.05) is 0 Å². The summed E-state index contributed by atoms with van der Waals surface area (Å²) in [4.78, 5) is 10.7. The first kappa shape index (κ1) is 12.1. The van der Waals surface area contributed by atoms with Gasteiger partial charge in [0.05, 0.1) is 0 Å². The summed E-state index contributed by atoms with van der Waals surface area (Å²) < 4.78 is 59.5. The molecular weight excluding hydrogens is 234 g/mol. The molecule has 0 aromatic heterocycles. The molecule has 1 rings (SSSR count). The van der Waals surface area contributed by atoms with E-state index in [-0.39, 0.29) is 12.8 Å². The van der Waals surface area contributed by atoms with Gasteiger partial charge in [-0.25, -0.2) is 13.2 Å². The monoisotopic (exact) mass is 241 g/mol. The van der Waals surface area contributed by atoms with E-state index in [1.807, 2.05) is 0 Å². The Morgan fingerprint density at radius 3 is 2.27 bits per heavy atom. The summed E-state index contributed by atoms with van der Waals surface area (Å²) in [6.45, 7) is 0. The van der Waals surface area contributed by atoms with Crippen LogP contribution in [0.4, 0.5) is 8.78 Å². The second-order valence-corrected chi connectivity index (χ2v) is 4.36. The lowest BCUT2D eigenvalue weighted by molar-refractivity contribution is -0.166. The quantitative estimate of drug-likeness (QED) is 0.405. The van der Waals surface area contributed by atoms with Crippen molar-refractivity contribution in [1.82, 2.24) is 0 Å². The first-order chi connectivity index (χ1) is 6.75. The molecule has 0 saturated carbocycles. The first-order valence-electron chi connectivity index (χ1n) is 3.94. The Kier molecular flexibility index (Phi) is 3.10. The molecule has 0 aromatic carbocycles. The standard InChI is InChI=1S/C7H8F2O5S/c8-7(9,15(11,12)13)6(10)14-5-3-1-2-4-5/h1-2,5H,3-4H2,(H,11,12,13)/p-1. The van der Waals surface area contributed by atoms with Crippen LogP contribution in [0.1, 0.15) is 12.8 Å². The number of rotatable bonds is 3. The van der Waals surface area contributed by atoms with Gasteiger partial charge in [0, 0.05) is 12.8 Å². The molecule has 0 fully saturated rings. The molecule has 0 amide bonds. The van der Waals surface area contributed by atoms with Crippen LogP contribution < -0.4 is 0 Å². The summed E-state index contributed by atoms with van der Waals surface area (Å²) in [5.41, 5.74) is 0. The van der Waals surface area contributed by atoms with Crippen molar-refractivity contribution in [2.45, 2.75) is 24.2 Å². The summed E-state index contributed by atoms with van der Waals surface area (Å²) >= 11 is 0. The summed E-state index contributed by atoms with van der Waals surface area (Å²) in [7, 11) is -6.02.